The monoisotopic (exact) mass is 296 g/mol. The van der Waals surface area contributed by atoms with E-state index in [1.54, 1.807) is 24.7 Å². The summed E-state index contributed by atoms with van der Waals surface area (Å²) < 4.78 is 18.3. The fourth-order valence-corrected chi connectivity index (χ4v) is 1.81. The lowest BCUT2D eigenvalue weighted by atomic mass is 10.2. The zero-order valence-corrected chi connectivity index (χ0v) is 11.6. The summed E-state index contributed by atoms with van der Waals surface area (Å²) in [4.78, 5) is 11.9. The molecule has 0 aliphatic rings. The number of nitrogens with zero attached hydrogens (tertiary/aromatic N) is 3. The minimum Gasteiger partial charge on any atom is -0.438 e. The lowest BCUT2D eigenvalue weighted by Crippen LogP contribution is -2.01. The Hall–Kier alpha value is -3.02. The van der Waals surface area contributed by atoms with Crippen molar-refractivity contribution >= 4 is 5.82 Å². The summed E-state index contributed by atoms with van der Waals surface area (Å²) in [5.41, 5.74) is 1.05. The topological polar surface area (TPSA) is 59.9 Å². The second kappa shape index (κ2) is 6.62. The Labute approximate surface area is 126 Å². The molecular weight excluding hydrogens is 283 g/mol. The van der Waals surface area contributed by atoms with E-state index < -0.39 is 0 Å². The summed E-state index contributed by atoms with van der Waals surface area (Å²) in [6.07, 6.45) is 5.89. The minimum atomic E-state index is -0.351. The van der Waals surface area contributed by atoms with Crippen LogP contribution in [0, 0.1) is 5.82 Å². The van der Waals surface area contributed by atoms with Crippen LogP contribution in [0.5, 0.6) is 11.6 Å². The van der Waals surface area contributed by atoms with Crippen molar-refractivity contribution in [2.24, 2.45) is 0 Å². The van der Waals surface area contributed by atoms with Gasteiger partial charge in [0.05, 0.1) is 12.4 Å². The SMILES string of the molecule is Fc1ccc(NCc2ccc(Oc3cnccn3)cc2)nc1. The van der Waals surface area contributed by atoms with E-state index in [9.17, 15) is 4.39 Å². The molecule has 22 heavy (non-hydrogen) atoms. The molecule has 1 N–H and O–H groups in total. The maximum Gasteiger partial charge on any atom is 0.237 e. The van der Waals surface area contributed by atoms with Gasteiger partial charge < -0.3 is 10.1 Å². The molecule has 0 atom stereocenters. The number of anilines is 1. The second-order valence-corrected chi connectivity index (χ2v) is 4.50. The number of halogens is 1. The van der Waals surface area contributed by atoms with Gasteiger partial charge in [-0.2, -0.15) is 0 Å². The maximum atomic E-state index is 12.8. The van der Waals surface area contributed by atoms with Gasteiger partial charge in [-0.25, -0.2) is 14.4 Å². The fraction of sp³-hybridized carbons (Fsp3) is 0.0625. The summed E-state index contributed by atoms with van der Waals surface area (Å²) >= 11 is 0. The quantitative estimate of drug-likeness (QED) is 0.781. The van der Waals surface area contributed by atoms with Gasteiger partial charge in [-0.1, -0.05) is 12.1 Å². The summed E-state index contributed by atoms with van der Waals surface area (Å²) in [5, 5.41) is 3.12. The van der Waals surface area contributed by atoms with Gasteiger partial charge in [-0.15, -0.1) is 0 Å². The van der Waals surface area contributed by atoms with Crippen LogP contribution in [-0.4, -0.2) is 15.0 Å². The molecule has 110 valence electrons. The molecule has 0 saturated carbocycles. The van der Waals surface area contributed by atoms with Gasteiger partial charge in [-0.3, -0.25) is 4.98 Å². The molecule has 0 aliphatic carbocycles. The molecule has 0 spiro atoms. The van der Waals surface area contributed by atoms with E-state index in [0.717, 1.165) is 5.56 Å². The van der Waals surface area contributed by atoms with Crippen molar-refractivity contribution in [3.8, 4) is 11.6 Å². The number of ether oxygens (including phenoxy) is 1. The van der Waals surface area contributed by atoms with Crippen LogP contribution in [0.15, 0.2) is 61.2 Å². The van der Waals surface area contributed by atoms with Crippen LogP contribution < -0.4 is 10.1 Å². The molecule has 2 heterocycles. The lowest BCUT2D eigenvalue weighted by molar-refractivity contribution is 0.460. The largest absolute Gasteiger partial charge is 0.438 e. The van der Waals surface area contributed by atoms with Crippen molar-refractivity contribution in [1.29, 1.82) is 0 Å². The molecule has 0 saturated heterocycles. The smallest absolute Gasteiger partial charge is 0.237 e. The first-order valence-corrected chi connectivity index (χ1v) is 6.68. The number of nitrogens with one attached hydrogen (secondary N) is 1. The molecule has 1 aromatic carbocycles. The molecule has 0 amide bonds. The summed E-state index contributed by atoms with van der Waals surface area (Å²) in [5.74, 6) is 1.41. The van der Waals surface area contributed by atoms with Crippen LogP contribution in [-0.2, 0) is 6.54 Å². The molecular formula is C16H13FN4O. The first-order valence-electron chi connectivity index (χ1n) is 6.68. The third-order valence-electron chi connectivity index (χ3n) is 2.89. The molecule has 0 bridgehead atoms. The number of hydrogen-bond donors (Lipinski definition) is 1. The highest BCUT2D eigenvalue weighted by molar-refractivity contribution is 5.36. The molecule has 0 aliphatic heterocycles. The van der Waals surface area contributed by atoms with Gasteiger partial charge in [0.25, 0.3) is 0 Å². The highest BCUT2D eigenvalue weighted by Crippen LogP contribution is 2.19. The first-order chi connectivity index (χ1) is 10.8. The highest BCUT2D eigenvalue weighted by atomic mass is 19.1. The third-order valence-corrected chi connectivity index (χ3v) is 2.89. The number of hydrogen-bond acceptors (Lipinski definition) is 5. The molecule has 0 unspecified atom stereocenters. The molecule has 3 rings (SSSR count). The molecule has 2 aromatic heterocycles. The fourth-order valence-electron chi connectivity index (χ4n) is 1.81. The first kappa shape index (κ1) is 13.9. The summed E-state index contributed by atoms with van der Waals surface area (Å²) in [7, 11) is 0. The zero-order valence-electron chi connectivity index (χ0n) is 11.6. The van der Waals surface area contributed by atoms with Gasteiger partial charge in [0, 0.05) is 18.9 Å². The van der Waals surface area contributed by atoms with Crippen LogP contribution in [0.2, 0.25) is 0 Å². The van der Waals surface area contributed by atoms with Crippen LogP contribution in [0.3, 0.4) is 0 Å². The Kier molecular flexibility index (Phi) is 4.20. The normalized spacial score (nSPS) is 10.2. The molecule has 5 nitrogen and oxygen atoms in total. The van der Waals surface area contributed by atoms with Crippen molar-refractivity contribution < 1.29 is 9.13 Å². The Balaban J connectivity index is 1.58. The average Bonchev–Trinajstić information content (AvgIpc) is 2.57. The predicted octanol–water partition coefficient (Wildman–Crippen LogP) is 3.42. The summed E-state index contributed by atoms with van der Waals surface area (Å²) in [6, 6.07) is 10.5. The van der Waals surface area contributed by atoms with E-state index in [0.29, 0.717) is 24.0 Å². The molecule has 0 fully saturated rings. The molecule has 6 heteroatoms. The predicted molar refractivity (Wildman–Crippen MR) is 80.1 cm³/mol. The van der Waals surface area contributed by atoms with Crippen LogP contribution >= 0.6 is 0 Å². The van der Waals surface area contributed by atoms with Crippen LogP contribution in [0.25, 0.3) is 0 Å². The van der Waals surface area contributed by atoms with Crippen LogP contribution in [0.1, 0.15) is 5.56 Å². The standard InChI is InChI=1S/C16H13FN4O/c17-13-3-6-15(21-10-13)20-9-12-1-4-14(5-2-12)22-16-11-18-7-8-19-16/h1-8,10-11H,9H2,(H,20,21). The third kappa shape index (κ3) is 3.76. The minimum absolute atomic E-state index is 0.351. The van der Waals surface area contributed by atoms with Crippen molar-refractivity contribution in [3.05, 3.63) is 72.6 Å². The van der Waals surface area contributed by atoms with Crippen molar-refractivity contribution in [2.45, 2.75) is 6.54 Å². The second-order valence-electron chi connectivity index (χ2n) is 4.50. The van der Waals surface area contributed by atoms with E-state index in [2.05, 4.69) is 20.3 Å². The Morgan fingerprint density at radius 1 is 0.955 bits per heavy atom. The van der Waals surface area contributed by atoms with Crippen molar-refractivity contribution in [2.75, 3.05) is 5.32 Å². The Morgan fingerprint density at radius 2 is 1.82 bits per heavy atom. The number of rotatable bonds is 5. The number of benzene rings is 1. The lowest BCUT2D eigenvalue weighted by Gasteiger charge is -2.07. The average molecular weight is 296 g/mol. The van der Waals surface area contributed by atoms with Gasteiger partial charge in [0.1, 0.15) is 17.4 Å². The van der Waals surface area contributed by atoms with Crippen molar-refractivity contribution in [3.63, 3.8) is 0 Å². The van der Waals surface area contributed by atoms with Gasteiger partial charge in [0.15, 0.2) is 0 Å². The Morgan fingerprint density at radius 3 is 2.50 bits per heavy atom. The summed E-state index contributed by atoms with van der Waals surface area (Å²) in [6.45, 7) is 0.587. The maximum absolute atomic E-state index is 12.8. The van der Waals surface area contributed by atoms with Gasteiger partial charge >= 0.3 is 0 Å². The van der Waals surface area contributed by atoms with Crippen molar-refractivity contribution in [1.82, 2.24) is 15.0 Å². The van der Waals surface area contributed by atoms with E-state index in [1.807, 2.05) is 24.3 Å². The highest BCUT2D eigenvalue weighted by Gasteiger charge is 2.00. The van der Waals surface area contributed by atoms with Gasteiger partial charge in [-0.05, 0) is 29.8 Å². The molecule has 0 radical (unpaired) electrons. The van der Waals surface area contributed by atoms with Crippen LogP contribution in [0.4, 0.5) is 10.2 Å². The number of pyridine rings is 1. The van der Waals surface area contributed by atoms with E-state index in [4.69, 9.17) is 4.74 Å². The zero-order chi connectivity index (χ0) is 15.2. The van der Waals surface area contributed by atoms with E-state index in [-0.39, 0.29) is 5.82 Å². The number of aromatic nitrogens is 3. The Bertz CT molecular complexity index is 717. The van der Waals surface area contributed by atoms with E-state index in [1.165, 1.54) is 12.3 Å². The van der Waals surface area contributed by atoms with Gasteiger partial charge in [0.2, 0.25) is 5.88 Å². The molecule has 3 aromatic rings. The van der Waals surface area contributed by atoms with E-state index >= 15 is 0 Å².